The summed E-state index contributed by atoms with van der Waals surface area (Å²) >= 11 is 3.41. The second-order valence-electron chi connectivity index (χ2n) is 4.65. The minimum absolute atomic E-state index is 0.0126. The van der Waals surface area contributed by atoms with Gasteiger partial charge in [0, 0.05) is 16.9 Å². The maximum absolute atomic E-state index is 12.7. The fourth-order valence-corrected chi connectivity index (χ4v) is 2.26. The summed E-state index contributed by atoms with van der Waals surface area (Å²) in [5.41, 5.74) is 1.02. The van der Waals surface area contributed by atoms with Crippen LogP contribution in [-0.4, -0.2) is 9.55 Å². The molecule has 0 saturated carbocycles. The fraction of sp³-hybridized carbons (Fsp3) is 0.357. The van der Waals surface area contributed by atoms with Crippen LogP contribution in [0.4, 0.5) is 8.78 Å². The van der Waals surface area contributed by atoms with Gasteiger partial charge < -0.3 is 4.74 Å². The lowest BCUT2D eigenvalue weighted by Gasteiger charge is -2.15. The lowest BCUT2D eigenvalue weighted by molar-refractivity contribution is 0.0632. The third-order valence-corrected chi connectivity index (χ3v) is 3.40. The highest BCUT2D eigenvalue weighted by molar-refractivity contribution is 9.10. The predicted molar refractivity (Wildman–Crippen MR) is 76.0 cm³/mol. The Labute approximate surface area is 124 Å². The highest BCUT2D eigenvalue weighted by atomic mass is 79.9. The molecule has 0 saturated heterocycles. The number of halogens is 3. The van der Waals surface area contributed by atoms with E-state index in [1.807, 2.05) is 18.2 Å². The second kappa shape index (κ2) is 6.35. The molecule has 1 aromatic carbocycles. The molecule has 0 aliphatic carbocycles. The Hall–Kier alpha value is -1.43. The van der Waals surface area contributed by atoms with Crippen LogP contribution in [-0.2, 0) is 6.61 Å². The molecule has 0 aliphatic rings. The number of hydrogen-bond donors (Lipinski definition) is 0. The number of nitrogens with zero attached hydrogens (tertiary/aromatic N) is 2. The Kier molecular flexibility index (Phi) is 4.75. The van der Waals surface area contributed by atoms with Crippen molar-refractivity contribution in [1.29, 1.82) is 0 Å². The molecule has 0 amide bonds. The fourth-order valence-electron chi connectivity index (χ4n) is 1.88. The normalized spacial score (nSPS) is 11.3. The number of aromatic nitrogens is 2. The Morgan fingerprint density at radius 3 is 2.75 bits per heavy atom. The molecule has 0 bridgehead atoms. The molecule has 0 unspecified atom stereocenters. The zero-order valence-electron chi connectivity index (χ0n) is 11.2. The number of hydrogen-bond acceptors (Lipinski definition) is 2. The van der Waals surface area contributed by atoms with Crippen molar-refractivity contribution in [2.45, 2.75) is 32.9 Å². The Morgan fingerprint density at radius 2 is 2.10 bits per heavy atom. The third-order valence-electron chi connectivity index (χ3n) is 2.91. The summed E-state index contributed by atoms with van der Waals surface area (Å²) in [6.07, 6.45) is 2.59. The highest BCUT2D eigenvalue weighted by Gasteiger charge is 2.13. The molecule has 6 heteroatoms. The van der Waals surface area contributed by atoms with Gasteiger partial charge in [-0.05, 0) is 29.7 Å². The second-order valence-corrected chi connectivity index (χ2v) is 5.57. The Balaban J connectivity index is 2.17. The molecule has 0 spiro atoms. The van der Waals surface area contributed by atoms with Crippen LogP contribution in [0, 0.1) is 0 Å². The van der Waals surface area contributed by atoms with Gasteiger partial charge in [0.15, 0.2) is 5.82 Å². The molecule has 0 N–H and O–H groups in total. The number of ether oxygens (including phenoxy) is 1. The molecule has 0 radical (unpaired) electrons. The van der Waals surface area contributed by atoms with Gasteiger partial charge in [-0.15, -0.1) is 0 Å². The lowest BCUT2D eigenvalue weighted by Crippen LogP contribution is -2.08. The average Bonchev–Trinajstić information content (AvgIpc) is 2.85. The average molecular weight is 345 g/mol. The van der Waals surface area contributed by atoms with Gasteiger partial charge in [-0.25, -0.2) is 4.98 Å². The van der Waals surface area contributed by atoms with Gasteiger partial charge in [0.2, 0.25) is 0 Å². The van der Waals surface area contributed by atoms with Crippen LogP contribution < -0.4 is 4.74 Å². The molecular weight excluding hydrogens is 330 g/mol. The summed E-state index contributed by atoms with van der Waals surface area (Å²) < 4.78 is 32.8. The molecule has 0 atom stereocenters. The molecule has 2 rings (SSSR count). The van der Waals surface area contributed by atoms with Crippen LogP contribution in [0.1, 0.15) is 37.7 Å². The largest absolute Gasteiger partial charge is 0.485 e. The van der Waals surface area contributed by atoms with Gasteiger partial charge in [0.05, 0.1) is 0 Å². The van der Waals surface area contributed by atoms with E-state index in [1.54, 1.807) is 0 Å². The molecule has 1 heterocycles. The maximum atomic E-state index is 12.7. The van der Waals surface area contributed by atoms with E-state index in [0.29, 0.717) is 5.75 Å². The van der Waals surface area contributed by atoms with Crippen molar-refractivity contribution in [3.63, 3.8) is 0 Å². The van der Waals surface area contributed by atoms with E-state index in [9.17, 15) is 8.78 Å². The first kappa shape index (κ1) is 15.0. The Bertz CT molecular complexity index is 584. The molecule has 0 fully saturated rings. The van der Waals surface area contributed by atoms with Gasteiger partial charge in [-0.1, -0.05) is 29.8 Å². The maximum Gasteiger partial charge on any atom is 0.320 e. The van der Waals surface area contributed by atoms with Crippen molar-refractivity contribution >= 4 is 15.9 Å². The number of imidazole rings is 1. The van der Waals surface area contributed by atoms with Crippen LogP contribution in [0.15, 0.2) is 35.1 Å². The zero-order chi connectivity index (χ0) is 14.7. The first-order chi connectivity index (χ1) is 9.49. The minimum Gasteiger partial charge on any atom is -0.485 e. The smallest absolute Gasteiger partial charge is 0.320 e. The van der Waals surface area contributed by atoms with Gasteiger partial charge in [-0.2, -0.15) is 8.78 Å². The monoisotopic (exact) mass is 344 g/mol. The molecule has 3 nitrogen and oxygen atoms in total. The standard InChI is InChI=1S/C14H15BrF2N2O/c1-9(2)11-7-10(15)3-4-12(11)20-8-13-18-5-6-19(13)14(16)17/h3-7,9,14H,8H2,1-2H3. The van der Waals surface area contributed by atoms with Gasteiger partial charge in [0.25, 0.3) is 0 Å². The third kappa shape index (κ3) is 3.36. The molecule has 1 aromatic heterocycles. The topological polar surface area (TPSA) is 27.1 Å². The number of rotatable bonds is 5. The van der Waals surface area contributed by atoms with Crippen molar-refractivity contribution in [3.05, 3.63) is 46.5 Å². The molecule has 108 valence electrons. The van der Waals surface area contributed by atoms with E-state index in [0.717, 1.165) is 14.6 Å². The summed E-state index contributed by atoms with van der Waals surface area (Å²) in [6, 6.07) is 5.66. The minimum atomic E-state index is -2.61. The molecule has 20 heavy (non-hydrogen) atoms. The van der Waals surface area contributed by atoms with Gasteiger partial charge in [0.1, 0.15) is 12.4 Å². The first-order valence-electron chi connectivity index (χ1n) is 6.21. The summed E-state index contributed by atoms with van der Waals surface area (Å²) in [5, 5.41) is 0. The highest BCUT2D eigenvalue weighted by Crippen LogP contribution is 2.30. The van der Waals surface area contributed by atoms with Gasteiger partial charge in [-0.3, -0.25) is 4.57 Å². The summed E-state index contributed by atoms with van der Waals surface area (Å²) in [5.74, 6) is 1.17. The number of alkyl halides is 2. The van der Waals surface area contributed by atoms with Crippen LogP contribution in [0.5, 0.6) is 5.75 Å². The van der Waals surface area contributed by atoms with E-state index in [4.69, 9.17) is 4.74 Å². The van der Waals surface area contributed by atoms with Crippen molar-refractivity contribution < 1.29 is 13.5 Å². The zero-order valence-corrected chi connectivity index (χ0v) is 12.8. The number of benzene rings is 1. The van der Waals surface area contributed by atoms with Crippen LogP contribution in [0.25, 0.3) is 0 Å². The molecule has 0 aliphatic heterocycles. The quantitative estimate of drug-likeness (QED) is 0.782. The van der Waals surface area contributed by atoms with E-state index in [2.05, 4.69) is 34.8 Å². The van der Waals surface area contributed by atoms with Crippen LogP contribution >= 0.6 is 15.9 Å². The molecular formula is C14H15BrF2N2O. The van der Waals surface area contributed by atoms with Crippen LogP contribution in [0.2, 0.25) is 0 Å². The first-order valence-corrected chi connectivity index (χ1v) is 7.00. The summed E-state index contributed by atoms with van der Waals surface area (Å²) in [6.45, 7) is 1.51. The van der Waals surface area contributed by atoms with E-state index in [1.165, 1.54) is 12.4 Å². The lowest BCUT2D eigenvalue weighted by atomic mass is 10.0. The van der Waals surface area contributed by atoms with Crippen LogP contribution in [0.3, 0.4) is 0 Å². The van der Waals surface area contributed by atoms with E-state index >= 15 is 0 Å². The van der Waals surface area contributed by atoms with E-state index < -0.39 is 6.55 Å². The van der Waals surface area contributed by atoms with Crippen molar-refractivity contribution in [2.24, 2.45) is 0 Å². The van der Waals surface area contributed by atoms with Crippen molar-refractivity contribution in [1.82, 2.24) is 9.55 Å². The predicted octanol–water partition coefficient (Wildman–Crippen LogP) is 4.74. The molecule has 2 aromatic rings. The van der Waals surface area contributed by atoms with Crippen molar-refractivity contribution in [3.8, 4) is 5.75 Å². The SMILES string of the molecule is CC(C)c1cc(Br)ccc1OCc1nccn1C(F)F. The Morgan fingerprint density at radius 1 is 1.35 bits per heavy atom. The van der Waals surface area contributed by atoms with Crippen molar-refractivity contribution in [2.75, 3.05) is 0 Å². The van der Waals surface area contributed by atoms with E-state index in [-0.39, 0.29) is 18.3 Å². The van der Waals surface area contributed by atoms with Gasteiger partial charge >= 0.3 is 6.55 Å². The summed E-state index contributed by atoms with van der Waals surface area (Å²) in [4.78, 5) is 3.89. The summed E-state index contributed by atoms with van der Waals surface area (Å²) in [7, 11) is 0.